The Morgan fingerprint density at radius 1 is 0.800 bits per heavy atom. The molecule has 0 aliphatic heterocycles. The molecule has 2 aromatic carbocycles. The fourth-order valence-electron chi connectivity index (χ4n) is 1.74. The number of rotatable bonds is 4. The highest BCUT2D eigenvalue weighted by Crippen LogP contribution is 2.13. The van der Waals surface area contributed by atoms with Crippen molar-refractivity contribution in [3.8, 4) is 0 Å². The lowest BCUT2D eigenvalue weighted by atomic mass is 10.1. The Morgan fingerprint density at radius 3 is 1.70 bits per heavy atom. The third-order valence-electron chi connectivity index (χ3n) is 2.95. The summed E-state index contributed by atoms with van der Waals surface area (Å²) in [6.07, 6.45) is 1.73. The van der Waals surface area contributed by atoms with E-state index in [0.717, 1.165) is 11.3 Å². The Bertz CT molecular complexity index is 593. The van der Waals surface area contributed by atoms with Gasteiger partial charge in [0.25, 0.3) is 0 Å². The van der Waals surface area contributed by atoms with E-state index in [1.807, 2.05) is 12.1 Å². The highest BCUT2D eigenvalue weighted by atomic mass is 16.1. The summed E-state index contributed by atoms with van der Waals surface area (Å²) < 4.78 is 0. The lowest BCUT2D eigenvalue weighted by molar-refractivity contribution is 0.100. The molecular formula is C17H15NO2. The number of nitrogens with zero attached hydrogens (tertiary/aromatic N) is 1. The number of hydrogen-bond acceptors (Lipinski definition) is 3. The molecule has 0 bridgehead atoms. The Kier molecular flexibility index (Phi) is 4.20. The predicted octanol–water partition coefficient (Wildman–Crippen LogP) is 3.84. The number of hydrogen-bond donors (Lipinski definition) is 0. The quantitative estimate of drug-likeness (QED) is 0.622. The zero-order chi connectivity index (χ0) is 14.5. The fourth-order valence-corrected chi connectivity index (χ4v) is 1.74. The monoisotopic (exact) mass is 265 g/mol. The Hall–Kier alpha value is -2.55. The van der Waals surface area contributed by atoms with Crippen LogP contribution in [0.15, 0.2) is 53.5 Å². The largest absolute Gasteiger partial charge is 0.295 e. The second-order valence-corrected chi connectivity index (χ2v) is 4.54. The second-order valence-electron chi connectivity index (χ2n) is 4.54. The first-order chi connectivity index (χ1) is 9.56. The molecule has 20 heavy (non-hydrogen) atoms. The van der Waals surface area contributed by atoms with E-state index in [2.05, 4.69) is 4.99 Å². The average molecular weight is 265 g/mol. The predicted molar refractivity (Wildman–Crippen MR) is 80.1 cm³/mol. The molecule has 0 saturated carbocycles. The summed E-state index contributed by atoms with van der Waals surface area (Å²) in [5.41, 5.74) is 3.07. The SMILES string of the molecule is CC(=O)c1ccc(C=Nc2ccc(C(C)=O)cc2)cc1. The maximum absolute atomic E-state index is 11.2. The smallest absolute Gasteiger partial charge is 0.159 e. The molecule has 0 spiro atoms. The van der Waals surface area contributed by atoms with Gasteiger partial charge >= 0.3 is 0 Å². The van der Waals surface area contributed by atoms with Gasteiger partial charge in [0.2, 0.25) is 0 Å². The van der Waals surface area contributed by atoms with Gasteiger partial charge in [-0.05, 0) is 43.7 Å². The minimum absolute atomic E-state index is 0.0420. The van der Waals surface area contributed by atoms with Crippen molar-refractivity contribution in [2.45, 2.75) is 13.8 Å². The molecule has 3 heteroatoms. The van der Waals surface area contributed by atoms with Gasteiger partial charge in [-0.3, -0.25) is 14.6 Å². The van der Waals surface area contributed by atoms with Crippen LogP contribution in [-0.4, -0.2) is 17.8 Å². The summed E-state index contributed by atoms with van der Waals surface area (Å²) in [6, 6.07) is 14.4. The summed E-state index contributed by atoms with van der Waals surface area (Å²) in [6.45, 7) is 3.08. The molecule has 0 amide bonds. The van der Waals surface area contributed by atoms with Crippen LogP contribution in [0.2, 0.25) is 0 Å². The van der Waals surface area contributed by atoms with Crippen molar-refractivity contribution in [1.29, 1.82) is 0 Å². The highest BCUT2D eigenvalue weighted by Gasteiger charge is 1.99. The molecule has 0 fully saturated rings. The Labute approximate surface area is 118 Å². The number of carbonyl (C=O) groups excluding carboxylic acids is 2. The number of carbonyl (C=O) groups is 2. The second kappa shape index (κ2) is 6.06. The summed E-state index contributed by atoms with van der Waals surface area (Å²) in [5.74, 6) is 0.0914. The van der Waals surface area contributed by atoms with Gasteiger partial charge < -0.3 is 0 Å². The van der Waals surface area contributed by atoms with Crippen molar-refractivity contribution in [2.24, 2.45) is 4.99 Å². The first kappa shape index (κ1) is 13.9. The minimum Gasteiger partial charge on any atom is -0.295 e. The van der Waals surface area contributed by atoms with Gasteiger partial charge in [-0.25, -0.2) is 0 Å². The van der Waals surface area contributed by atoms with Crippen LogP contribution in [0, 0.1) is 0 Å². The summed E-state index contributed by atoms with van der Waals surface area (Å²) >= 11 is 0. The van der Waals surface area contributed by atoms with E-state index in [4.69, 9.17) is 0 Å². The van der Waals surface area contributed by atoms with Crippen molar-refractivity contribution in [1.82, 2.24) is 0 Å². The molecule has 3 nitrogen and oxygen atoms in total. The topological polar surface area (TPSA) is 46.5 Å². The van der Waals surface area contributed by atoms with Crippen LogP contribution in [0.3, 0.4) is 0 Å². The van der Waals surface area contributed by atoms with Crippen molar-refractivity contribution < 1.29 is 9.59 Å². The lowest BCUT2D eigenvalue weighted by Gasteiger charge is -1.98. The number of Topliss-reactive ketones (excluding diaryl/α,β-unsaturated/α-hetero) is 2. The van der Waals surface area contributed by atoms with Crippen LogP contribution >= 0.6 is 0 Å². The van der Waals surface area contributed by atoms with Crippen molar-refractivity contribution in [3.05, 3.63) is 65.2 Å². The van der Waals surface area contributed by atoms with Crippen LogP contribution < -0.4 is 0 Å². The third kappa shape index (κ3) is 3.48. The van der Waals surface area contributed by atoms with E-state index in [-0.39, 0.29) is 11.6 Å². The summed E-state index contributed by atoms with van der Waals surface area (Å²) in [5, 5.41) is 0. The number of aliphatic imine (C=N–C) groups is 1. The van der Waals surface area contributed by atoms with E-state index in [0.29, 0.717) is 11.1 Å². The standard InChI is InChI=1S/C17H15NO2/c1-12(19)15-5-3-14(4-6-15)11-18-17-9-7-16(8-10-17)13(2)20/h3-11H,1-2H3. The molecule has 0 saturated heterocycles. The van der Waals surface area contributed by atoms with Crippen molar-refractivity contribution in [2.75, 3.05) is 0 Å². The molecule has 100 valence electrons. The van der Waals surface area contributed by atoms with Gasteiger partial charge in [0.1, 0.15) is 0 Å². The zero-order valence-electron chi connectivity index (χ0n) is 11.5. The van der Waals surface area contributed by atoms with E-state index in [1.54, 1.807) is 49.5 Å². The highest BCUT2D eigenvalue weighted by molar-refractivity contribution is 5.95. The normalized spacial score (nSPS) is 10.7. The van der Waals surface area contributed by atoms with Gasteiger partial charge in [-0.1, -0.05) is 24.3 Å². The maximum atomic E-state index is 11.2. The van der Waals surface area contributed by atoms with Crippen LogP contribution in [0.25, 0.3) is 0 Å². The first-order valence-electron chi connectivity index (χ1n) is 6.32. The van der Waals surface area contributed by atoms with E-state index >= 15 is 0 Å². The Morgan fingerprint density at radius 2 is 1.25 bits per heavy atom. The van der Waals surface area contributed by atoms with Crippen LogP contribution in [0.4, 0.5) is 5.69 Å². The molecule has 2 aromatic rings. The van der Waals surface area contributed by atoms with Gasteiger partial charge in [-0.15, -0.1) is 0 Å². The third-order valence-corrected chi connectivity index (χ3v) is 2.95. The molecule has 0 N–H and O–H groups in total. The molecule has 0 heterocycles. The number of benzene rings is 2. The molecule has 0 aromatic heterocycles. The minimum atomic E-state index is 0.0420. The van der Waals surface area contributed by atoms with E-state index < -0.39 is 0 Å². The first-order valence-corrected chi connectivity index (χ1v) is 6.32. The molecule has 0 atom stereocenters. The van der Waals surface area contributed by atoms with Crippen molar-refractivity contribution >= 4 is 23.5 Å². The molecule has 0 aliphatic carbocycles. The van der Waals surface area contributed by atoms with Crippen molar-refractivity contribution in [3.63, 3.8) is 0 Å². The zero-order valence-corrected chi connectivity index (χ0v) is 11.5. The van der Waals surface area contributed by atoms with Crippen LogP contribution in [-0.2, 0) is 0 Å². The fraction of sp³-hybridized carbons (Fsp3) is 0.118. The average Bonchev–Trinajstić information content (AvgIpc) is 2.46. The number of ketones is 2. The van der Waals surface area contributed by atoms with Gasteiger partial charge in [0, 0.05) is 17.3 Å². The molecule has 0 aliphatic rings. The van der Waals surface area contributed by atoms with E-state index in [1.165, 1.54) is 6.92 Å². The summed E-state index contributed by atoms with van der Waals surface area (Å²) in [7, 11) is 0. The van der Waals surface area contributed by atoms with E-state index in [9.17, 15) is 9.59 Å². The van der Waals surface area contributed by atoms with Crippen LogP contribution in [0.5, 0.6) is 0 Å². The van der Waals surface area contributed by atoms with Gasteiger partial charge in [-0.2, -0.15) is 0 Å². The Balaban J connectivity index is 2.12. The molecule has 2 rings (SSSR count). The summed E-state index contributed by atoms with van der Waals surface area (Å²) in [4.78, 5) is 26.6. The molecule has 0 radical (unpaired) electrons. The van der Waals surface area contributed by atoms with Crippen LogP contribution in [0.1, 0.15) is 40.1 Å². The maximum Gasteiger partial charge on any atom is 0.159 e. The lowest BCUT2D eigenvalue weighted by Crippen LogP contribution is -1.91. The van der Waals surface area contributed by atoms with Gasteiger partial charge in [0.05, 0.1) is 5.69 Å². The van der Waals surface area contributed by atoms with Gasteiger partial charge in [0.15, 0.2) is 11.6 Å². The molecular weight excluding hydrogens is 250 g/mol. The molecule has 0 unspecified atom stereocenters.